The van der Waals surface area contributed by atoms with Gasteiger partial charge in [-0.25, -0.2) is 0 Å². The summed E-state index contributed by atoms with van der Waals surface area (Å²) >= 11 is 5.91. The van der Waals surface area contributed by atoms with Gasteiger partial charge in [0.15, 0.2) is 0 Å². The molecule has 1 unspecified atom stereocenters. The Balaban J connectivity index is 1.76. The first-order valence-corrected chi connectivity index (χ1v) is 10.8. The van der Waals surface area contributed by atoms with Crippen LogP contribution in [0.4, 0.5) is 0 Å². The van der Waals surface area contributed by atoms with Crippen LogP contribution in [0.5, 0.6) is 0 Å². The normalized spacial score (nSPS) is 19.3. The average molecular weight is 464 g/mol. The van der Waals surface area contributed by atoms with Crippen molar-refractivity contribution in [2.75, 3.05) is 6.54 Å². The Kier molecular flexibility index (Phi) is 7.61. The van der Waals surface area contributed by atoms with Crippen LogP contribution in [0.1, 0.15) is 43.2 Å². The molecule has 11 heteroatoms. The van der Waals surface area contributed by atoms with Crippen LogP contribution in [-0.2, 0) is 16.1 Å². The summed E-state index contributed by atoms with van der Waals surface area (Å²) in [6.07, 6.45) is -0.724. The van der Waals surface area contributed by atoms with Gasteiger partial charge in [0, 0.05) is 30.6 Å². The molecule has 1 aliphatic heterocycles. The number of hydrogen-bond acceptors (Lipinski definition) is 7. The Labute approximate surface area is 191 Å². The summed E-state index contributed by atoms with van der Waals surface area (Å²) in [7, 11) is -1.75. The highest BCUT2D eigenvalue weighted by atomic mass is 35.5. The number of aliphatic hydroxyl groups excluding tert-OH is 1. The monoisotopic (exact) mass is 463 g/mol. The minimum Gasteiger partial charge on any atom is -0.423 e. The van der Waals surface area contributed by atoms with Crippen LogP contribution in [-0.4, -0.2) is 62.8 Å². The van der Waals surface area contributed by atoms with Crippen molar-refractivity contribution in [3.8, 4) is 0 Å². The Morgan fingerprint density at radius 1 is 1.34 bits per heavy atom. The van der Waals surface area contributed by atoms with Crippen LogP contribution in [0, 0.1) is 12.8 Å². The first kappa shape index (κ1) is 24.3. The second kappa shape index (κ2) is 10.0. The molecule has 1 fully saturated rings. The molecule has 0 radical (unpaired) electrons. The summed E-state index contributed by atoms with van der Waals surface area (Å²) in [5, 5.41) is 36.3. The number of carbonyl (C=O) groups excluding carboxylic acids is 2. The molecule has 3 rings (SSSR count). The van der Waals surface area contributed by atoms with Crippen molar-refractivity contribution in [2.45, 2.75) is 51.8 Å². The molecule has 4 N–H and O–H groups in total. The topological polar surface area (TPSA) is 136 Å². The number of amides is 2. The number of halogens is 1. The van der Waals surface area contributed by atoms with Crippen molar-refractivity contribution < 1.29 is 29.3 Å². The number of aliphatic hydroxyl groups is 1. The molecule has 2 aromatic rings. The summed E-state index contributed by atoms with van der Waals surface area (Å²) in [5.74, 6) is -1.08. The number of carbonyl (C=O) groups is 2. The third kappa shape index (κ3) is 5.32. The van der Waals surface area contributed by atoms with E-state index >= 15 is 0 Å². The first-order valence-electron chi connectivity index (χ1n) is 10.4. The van der Waals surface area contributed by atoms with Gasteiger partial charge in [0.2, 0.25) is 11.8 Å². The standard InChI is InChI=1S/C21H27BClN3O6/c1-11(2)19(18-6-12(3)25-32-18)21(29)26-10-15(27)8-17(26)20(28)24-9-13-4-5-14(23)7-16(13)22(30)31/h4-7,11,15,17,19,27,30-31H,8-10H2,1-3H3,(H,24,28)/t15-,17+,19?/m1/s1. The first-order chi connectivity index (χ1) is 15.1. The van der Waals surface area contributed by atoms with Gasteiger partial charge in [0.05, 0.1) is 11.8 Å². The van der Waals surface area contributed by atoms with E-state index in [0.29, 0.717) is 22.0 Å². The molecule has 32 heavy (non-hydrogen) atoms. The maximum Gasteiger partial charge on any atom is 0.488 e. The molecular weight excluding hydrogens is 437 g/mol. The molecule has 2 amide bonds. The van der Waals surface area contributed by atoms with E-state index in [1.165, 1.54) is 11.0 Å². The predicted molar refractivity (Wildman–Crippen MR) is 118 cm³/mol. The molecule has 0 aliphatic carbocycles. The molecule has 0 bridgehead atoms. The van der Waals surface area contributed by atoms with Gasteiger partial charge in [0.1, 0.15) is 17.7 Å². The molecule has 3 atom stereocenters. The van der Waals surface area contributed by atoms with Gasteiger partial charge >= 0.3 is 7.12 Å². The molecule has 2 heterocycles. The van der Waals surface area contributed by atoms with Crippen molar-refractivity contribution in [3.05, 3.63) is 46.3 Å². The molecular formula is C21H27BClN3O6. The number of hydrogen-bond donors (Lipinski definition) is 4. The summed E-state index contributed by atoms with van der Waals surface area (Å²) in [6.45, 7) is 5.56. The number of nitrogens with one attached hydrogen (secondary N) is 1. The Morgan fingerprint density at radius 3 is 2.66 bits per heavy atom. The van der Waals surface area contributed by atoms with E-state index in [0.717, 1.165) is 0 Å². The number of rotatable bonds is 7. The number of likely N-dealkylation sites (tertiary alicyclic amines) is 1. The lowest BCUT2D eigenvalue weighted by Gasteiger charge is -2.28. The van der Waals surface area contributed by atoms with Gasteiger partial charge in [-0.1, -0.05) is 36.7 Å². The third-order valence-electron chi connectivity index (χ3n) is 5.59. The summed E-state index contributed by atoms with van der Waals surface area (Å²) in [6, 6.07) is 5.42. The van der Waals surface area contributed by atoms with Gasteiger partial charge in [-0.2, -0.15) is 0 Å². The maximum atomic E-state index is 13.4. The van der Waals surface area contributed by atoms with Crippen molar-refractivity contribution in [1.29, 1.82) is 0 Å². The zero-order valence-electron chi connectivity index (χ0n) is 18.2. The third-order valence-corrected chi connectivity index (χ3v) is 5.82. The Morgan fingerprint density at radius 2 is 2.06 bits per heavy atom. The highest BCUT2D eigenvalue weighted by Crippen LogP contribution is 2.31. The summed E-state index contributed by atoms with van der Waals surface area (Å²) < 4.78 is 5.32. The molecule has 1 aromatic heterocycles. The fourth-order valence-electron chi connectivity index (χ4n) is 4.02. The zero-order chi connectivity index (χ0) is 23.6. The fourth-order valence-corrected chi connectivity index (χ4v) is 4.20. The van der Waals surface area contributed by atoms with Crippen LogP contribution in [0.25, 0.3) is 0 Å². The zero-order valence-corrected chi connectivity index (χ0v) is 18.9. The minimum atomic E-state index is -1.75. The van der Waals surface area contributed by atoms with Gasteiger partial charge in [-0.05, 0) is 36.0 Å². The van der Waals surface area contributed by atoms with Crippen molar-refractivity contribution in [1.82, 2.24) is 15.4 Å². The van der Waals surface area contributed by atoms with E-state index in [2.05, 4.69) is 10.5 Å². The van der Waals surface area contributed by atoms with E-state index in [1.54, 1.807) is 25.1 Å². The lowest BCUT2D eigenvalue weighted by atomic mass is 9.77. The lowest BCUT2D eigenvalue weighted by Crippen LogP contribution is -2.48. The Hall–Kier alpha value is -2.40. The SMILES string of the molecule is Cc1cc(C(C(=O)N2C[C@H](O)C[C@H]2C(=O)NCc2ccc(Cl)cc2B(O)O)C(C)C)on1. The van der Waals surface area contributed by atoms with Crippen LogP contribution in [0.15, 0.2) is 28.8 Å². The lowest BCUT2D eigenvalue weighted by molar-refractivity contribution is -0.141. The van der Waals surface area contributed by atoms with Crippen molar-refractivity contribution in [2.24, 2.45) is 5.92 Å². The van der Waals surface area contributed by atoms with Crippen LogP contribution in [0.3, 0.4) is 0 Å². The average Bonchev–Trinajstić information content (AvgIpc) is 3.32. The fraction of sp³-hybridized carbons (Fsp3) is 0.476. The Bertz CT molecular complexity index is 982. The predicted octanol–water partition coefficient (Wildman–Crippen LogP) is 0.334. The molecule has 9 nitrogen and oxygen atoms in total. The van der Waals surface area contributed by atoms with Gasteiger partial charge in [-0.15, -0.1) is 0 Å². The van der Waals surface area contributed by atoms with Crippen molar-refractivity contribution in [3.63, 3.8) is 0 Å². The summed E-state index contributed by atoms with van der Waals surface area (Å²) in [4.78, 5) is 27.7. The van der Waals surface area contributed by atoms with E-state index < -0.39 is 31.1 Å². The van der Waals surface area contributed by atoms with Gasteiger partial charge in [0.25, 0.3) is 0 Å². The molecule has 172 valence electrons. The number of β-amino-alcohol motifs (C(OH)–C–C–N with tert-alkyl or cyclic N) is 1. The number of aryl methyl sites for hydroxylation is 1. The highest BCUT2D eigenvalue weighted by molar-refractivity contribution is 6.59. The van der Waals surface area contributed by atoms with Crippen molar-refractivity contribution >= 4 is 36.0 Å². The quantitative estimate of drug-likeness (QED) is 0.435. The highest BCUT2D eigenvalue weighted by Gasteiger charge is 2.43. The molecule has 1 aromatic carbocycles. The minimum absolute atomic E-state index is 0.00644. The second-order valence-corrected chi connectivity index (χ2v) is 8.86. The largest absolute Gasteiger partial charge is 0.488 e. The van der Waals surface area contributed by atoms with E-state index in [1.807, 2.05) is 13.8 Å². The number of aromatic nitrogens is 1. The van der Waals surface area contributed by atoms with E-state index in [9.17, 15) is 24.7 Å². The number of benzene rings is 1. The summed E-state index contributed by atoms with van der Waals surface area (Å²) in [5.41, 5.74) is 1.31. The molecule has 0 spiro atoms. The van der Waals surface area contributed by atoms with E-state index in [4.69, 9.17) is 16.1 Å². The van der Waals surface area contributed by atoms with Gasteiger partial charge in [-0.3, -0.25) is 9.59 Å². The second-order valence-electron chi connectivity index (χ2n) is 8.42. The molecule has 1 aliphatic rings. The smallest absolute Gasteiger partial charge is 0.423 e. The van der Waals surface area contributed by atoms with Crippen LogP contribution >= 0.6 is 11.6 Å². The number of nitrogens with zero attached hydrogens (tertiary/aromatic N) is 2. The maximum absolute atomic E-state index is 13.4. The van der Waals surface area contributed by atoms with Crippen LogP contribution < -0.4 is 10.8 Å². The molecule has 0 saturated carbocycles. The van der Waals surface area contributed by atoms with Gasteiger partial charge < -0.3 is 29.9 Å². The van der Waals surface area contributed by atoms with Crippen LogP contribution in [0.2, 0.25) is 5.02 Å². The van der Waals surface area contributed by atoms with E-state index in [-0.39, 0.29) is 36.8 Å². The molecule has 1 saturated heterocycles.